The van der Waals surface area contributed by atoms with E-state index in [0.29, 0.717) is 0 Å². The third-order valence-corrected chi connectivity index (χ3v) is 4.58. The molecule has 0 saturated heterocycles. The van der Waals surface area contributed by atoms with Gasteiger partial charge in [0.15, 0.2) is 0 Å². The normalized spacial score (nSPS) is 11.3. The van der Waals surface area contributed by atoms with Crippen LogP contribution >= 0.6 is 0 Å². The van der Waals surface area contributed by atoms with E-state index in [1.165, 1.54) is 16.3 Å². The monoisotopic (exact) mass is 331 g/mol. The highest BCUT2D eigenvalue weighted by Gasteiger charge is 2.21. The second-order valence-electron chi connectivity index (χ2n) is 7.00. The van der Waals surface area contributed by atoms with Gasteiger partial charge in [0, 0.05) is 17.6 Å². The van der Waals surface area contributed by atoms with Crippen molar-refractivity contribution in [1.82, 2.24) is 4.90 Å². The highest BCUT2D eigenvalue weighted by molar-refractivity contribution is 5.98. The minimum absolute atomic E-state index is 0.0921. The molecule has 0 fully saturated rings. The Morgan fingerprint density at radius 2 is 1.36 bits per heavy atom. The second kappa shape index (κ2) is 7.10. The Balaban J connectivity index is 1.96. The molecule has 1 amide bonds. The summed E-state index contributed by atoms with van der Waals surface area (Å²) in [6, 6.07) is 23.1. The molecule has 3 aromatic carbocycles. The number of hydrogen-bond donors (Lipinski definition) is 0. The Kier molecular flexibility index (Phi) is 4.89. The molecule has 0 aliphatic carbocycles. The highest BCUT2D eigenvalue weighted by Crippen LogP contribution is 2.29. The fourth-order valence-electron chi connectivity index (χ4n) is 3.48. The van der Waals surface area contributed by atoms with Gasteiger partial charge in [-0.3, -0.25) is 4.79 Å². The number of carbonyl (C=O) groups is 1. The molecule has 0 aromatic heterocycles. The molecule has 0 aliphatic heterocycles. The first kappa shape index (κ1) is 17.2. The zero-order valence-electron chi connectivity index (χ0n) is 15.4. The molecular formula is C23H25NO. The minimum Gasteiger partial charge on any atom is -0.334 e. The van der Waals surface area contributed by atoms with E-state index in [9.17, 15) is 4.79 Å². The lowest BCUT2D eigenvalue weighted by Crippen LogP contribution is -2.42. The molecule has 0 saturated carbocycles. The van der Waals surface area contributed by atoms with Crippen LogP contribution in [-0.4, -0.2) is 22.9 Å². The molecule has 0 unspecified atom stereocenters. The van der Waals surface area contributed by atoms with Gasteiger partial charge in [-0.2, -0.15) is 0 Å². The van der Waals surface area contributed by atoms with Gasteiger partial charge in [-0.05, 0) is 61.7 Å². The summed E-state index contributed by atoms with van der Waals surface area (Å²) in [5.41, 5.74) is 3.07. The van der Waals surface area contributed by atoms with E-state index in [1.54, 1.807) is 0 Å². The van der Waals surface area contributed by atoms with Crippen molar-refractivity contribution in [2.45, 2.75) is 39.8 Å². The van der Waals surface area contributed by atoms with Crippen molar-refractivity contribution >= 4 is 16.7 Å². The third-order valence-electron chi connectivity index (χ3n) is 4.58. The van der Waals surface area contributed by atoms with Crippen LogP contribution in [0.15, 0.2) is 66.7 Å². The minimum atomic E-state index is 0.0921. The quantitative estimate of drug-likeness (QED) is 0.594. The molecule has 0 spiro atoms. The van der Waals surface area contributed by atoms with Crippen LogP contribution in [0, 0.1) is 0 Å². The maximum Gasteiger partial charge on any atom is 0.254 e. The van der Waals surface area contributed by atoms with Crippen LogP contribution in [0.3, 0.4) is 0 Å². The molecule has 25 heavy (non-hydrogen) atoms. The van der Waals surface area contributed by atoms with Gasteiger partial charge in [0.2, 0.25) is 0 Å². The lowest BCUT2D eigenvalue weighted by molar-refractivity contribution is 0.0644. The Hall–Kier alpha value is -2.61. The van der Waals surface area contributed by atoms with Crippen LogP contribution in [-0.2, 0) is 0 Å². The Morgan fingerprint density at radius 3 is 2.00 bits per heavy atom. The molecule has 2 heteroatoms. The predicted molar refractivity (Wildman–Crippen MR) is 106 cm³/mol. The molecule has 0 aliphatic rings. The van der Waals surface area contributed by atoms with E-state index in [-0.39, 0.29) is 18.0 Å². The van der Waals surface area contributed by atoms with Crippen molar-refractivity contribution in [2.75, 3.05) is 0 Å². The highest BCUT2D eigenvalue weighted by atomic mass is 16.2. The summed E-state index contributed by atoms with van der Waals surface area (Å²) in [4.78, 5) is 14.7. The first-order valence-corrected chi connectivity index (χ1v) is 8.90. The molecule has 0 bridgehead atoms. The molecule has 3 rings (SSSR count). The van der Waals surface area contributed by atoms with Gasteiger partial charge < -0.3 is 4.90 Å². The first-order chi connectivity index (χ1) is 12.0. The fourth-order valence-corrected chi connectivity index (χ4v) is 3.48. The lowest BCUT2D eigenvalue weighted by atomic mass is 9.97. The summed E-state index contributed by atoms with van der Waals surface area (Å²) >= 11 is 0. The lowest BCUT2D eigenvalue weighted by Gasteiger charge is -2.30. The number of rotatable bonds is 4. The molecular weight excluding hydrogens is 306 g/mol. The molecule has 0 N–H and O–H groups in total. The van der Waals surface area contributed by atoms with Crippen LogP contribution < -0.4 is 0 Å². The van der Waals surface area contributed by atoms with Crippen molar-refractivity contribution < 1.29 is 4.79 Å². The Labute approximate surface area is 150 Å². The smallest absolute Gasteiger partial charge is 0.254 e. The third kappa shape index (κ3) is 3.43. The number of fused-ring (bicyclic) bond motifs is 1. The molecule has 3 aromatic rings. The van der Waals surface area contributed by atoms with E-state index in [4.69, 9.17) is 0 Å². The van der Waals surface area contributed by atoms with Gasteiger partial charge in [0.1, 0.15) is 0 Å². The van der Waals surface area contributed by atoms with Crippen molar-refractivity contribution in [3.8, 4) is 11.1 Å². The van der Waals surface area contributed by atoms with Crippen LogP contribution in [0.5, 0.6) is 0 Å². The van der Waals surface area contributed by atoms with Gasteiger partial charge in [-0.1, -0.05) is 54.6 Å². The van der Waals surface area contributed by atoms with Crippen molar-refractivity contribution in [2.24, 2.45) is 0 Å². The summed E-state index contributed by atoms with van der Waals surface area (Å²) in [6.45, 7) is 8.23. The Bertz CT molecular complexity index is 865. The topological polar surface area (TPSA) is 20.3 Å². The molecule has 0 heterocycles. The maximum absolute atomic E-state index is 12.8. The van der Waals surface area contributed by atoms with Gasteiger partial charge in [-0.15, -0.1) is 0 Å². The first-order valence-electron chi connectivity index (χ1n) is 8.90. The van der Waals surface area contributed by atoms with Gasteiger partial charge in [-0.25, -0.2) is 0 Å². The van der Waals surface area contributed by atoms with Crippen molar-refractivity contribution in [1.29, 1.82) is 0 Å². The van der Waals surface area contributed by atoms with Gasteiger partial charge in [0.05, 0.1) is 0 Å². The SMILES string of the molecule is CC(C)N(C(=O)c1ccc(-c2cccc3ccccc23)cc1)C(C)C. The standard InChI is InChI=1S/C23H25NO/c1-16(2)24(17(3)4)23(25)20-14-12-19(13-15-20)22-11-7-9-18-8-5-6-10-21(18)22/h5-17H,1-4H3. The molecule has 0 radical (unpaired) electrons. The summed E-state index contributed by atoms with van der Waals surface area (Å²) in [7, 11) is 0. The number of nitrogens with zero attached hydrogens (tertiary/aromatic N) is 1. The second-order valence-corrected chi connectivity index (χ2v) is 7.00. The number of hydrogen-bond acceptors (Lipinski definition) is 1. The average molecular weight is 331 g/mol. The number of carbonyl (C=O) groups excluding carboxylic acids is 1. The number of amides is 1. The van der Waals surface area contributed by atoms with Crippen LogP contribution in [0.2, 0.25) is 0 Å². The van der Waals surface area contributed by atoms with Crippen molar-refractivity contribution in [3.05, 3.63) is 72.3 Å². The van der Waals surface area contributed by atoms with E-state index in [1.807, 2.05) is 29.2 Å². The van der Waals surface area contributed by atoms with Crippen LogP contribution in [0.25, 0.3) is 21.9 Å². The molecule has 2 nitrogen and oxygen atoms in total. The van der Waals surface area contributed by atoms with E-state index in [0.717, 1.165) is 11.1 Å². The summed E-state index contributed by atoms with van der Waals surface area (Å²) in [5, 5.41) is 2.46. The van der Waals surface area contributed by atoms with Crippen LogP contribution in [0.1, 0.15) is 38.1 Å². The largest absolute Gasteiger partial charge is 0.334 e. The summed E-state index contributed by atoms with van der Waals surface area (Å²) < 4.78 is 0. The zero-order chi connectivity index (χ0) is 18.0. The molecule has 128 valence electrons. The predicted octanol–water partition coefficient (Wildman–Crippen LogP) is 5.77. The van der Waals surface area contributed by atoms with E-state index < -0.39 is 0 Å². The van der Waals surface area contributed by atoms with Gasteiger partial charge >= 0.3 is 0 Å². The summed E-state index contributed by atoms with van der Waals surface area (Å²) in [6.07, 6.45) is 0. The zero-order valence-corrected chi connectivity index (χ0v) is 15.4. The average Bonchev–Trinajstić information content (AvgIpc) is 2.60. The van der Waals surface area contributed by atoms with Crippen LogP contribution in [0.4, 0.5) is 0 Å². The number of benzene rings is 3. The fraction of sp³-hybridized carbons (Fsp3) is 0.261. The van der Waals surface area contributed by atoms with Gasteiger partial charge in [0.25, 0.3) is 5.91 Å². The summed E-state index contributed by atoms with van der Waals surface area (Å²) in [5.74, 6) is 0.0921. The maximum atomic E-state index is 12.8. The van der Waals surface area contributed by atoms with Crippen molar-refractivity contribution in [3.63, 3.8) is 0 Å². The molecule has 0 atom stereocenters. The van der Waals surface area contributed by atoms with E-state index >= 15 is 0 Å². The Morgan fingerprint density at radius 1 is 0.760 bits per heavy atom. The van der Waals surface area contributed by atoms with E-state index in [2.05, 4.69) is 70.2 Å².